The van der Waals surface area contributed by atoms with E-state index in [0.717, 1.165) is 42.0 Å². The summed E-state index contributed by atoms with van der Waals surface area (Å²) in [7, 11) is 1.65. The van der Waals surface area contributed by atoms with Crippen LogP contribution in [-0.4, -0.2) is 53.4 Å². The van der Waals surface area contributed by atoms with E-state index < -0.39 is 11.6 Å². The quantitative estimate of drug-likeness (QED) is 0.574. The Labute approximate surface area is 201 Å². The van der Waals surface area contributed by atoms with Gasteiger partial charge in [0.1, 0.15) is 18.1 Å². The summed E-state index contributed by atoms with van der Waals surface area (Å²) in [5.41, 5.74) is 6.48. The van der Waals surface area contributed by atoms with Gasteiger partial charge in [0, 0.05) is 31.6 Å². The normalized spacial score (nSPS) is 16.7. The van der Waals surface area contributed by atoms with Crippen LogP contribution in [0.3, 0.4) is 0 Å². The van der Waals surface area contributed by atoms with Crippen LogP contribution in [0.5, 0.6) is 11.5 Å². The molecule has 1 fully saturated rings. The first kappa shape index (κ1) is 24.3. The lowest BCUT2D eigenvalue weighted by Gasteiger charge is -2.38. The van der Waals surface area contributed by atoms with Gasteiger partial charge in [0.05, 0.1) is 18.6 Å². The first-order valence-corrected chi connectivity index (χ1v) is 11.9. The van der Waals surface area contributed by atoms with Crippen LogP contribution in [0.1, 0.15) is 49.4 Å². The number of carbonyl (C=O) groups is 1. The van der Waals surface area contributed by atoms with Crippen molar-refractivity contribution in [2.75, 3.05) is 26.7 Å². The molecule has 182 valence electrons. The molecule has 6 heteroatoms. The average Bonchev–Trinajstić information content (AvgIpc) is 2.74. The molecule has 0 amide bonds. The maximum Gasteiger partial charge on any atom is 0.309 e. The highest BCUT2D eigenvalue weighted by Gasteiger charge is 2.33. The molecule has 2 aromatic carbocycles. The summed E-state index contributed by atoms with van der Waals surface area (Å²) < 4.78 is 11.7. The zero-order valence-corrected chi connectivity index (χ0v) is 20.6. The largest absolute Gasteiger partial charge is 0.496 e. The molecule has 4 rings (SSSR count). The highest BCUT2D eigenvalue weighted by molar-refractivity contribution is 5.73. The van der Waals surface area contributed by atoms with Gasteiger partial charge in [-0.05, 0) is 74.1 Å². The lowest BCUT2D eigenvalue weighted by molar-refractivity contribution is -0.147. The van der Waals surface area contributed by atoms with E-state index in [2.05, 4.69) is 24.0 Å². The van der Waals surface area contributed by atoms with E-state index in [1.807, 2.05) is 24.3 Å². The topological polar surface area (TPSA) is 79.2 Å². The standard InChI is InChI=1S/C28H35NO5/c1-18-21(14-29-15-23(16-29)27(30)31)8-7-20-12-24(9-10-25(18)20)34-17-22-6-5-19(11-26(22)33-4)13-28(2,3)32/h5-6,9-12,23,32H,7-8,13-17H2,1-4H3,(H,30,31). The smallest absolute Gasteiger partial charge is 0.309 e. The van der Waals surface area contributed by atoms with E-state index in [0.29, 0.717) is 26.1 Å². The first-order valence-electron chi connectivity index (χ1n) is 11.9. The van der Waals surface area contributed by atoms with Gasteiger partial charge in [-0.1, -0.05) is 23.8 Å². The van der Waals surface area contributed by atoms with Gasteiger partial charge in [0.25, 0.3) is 0 Å². The van der Waals surface area contributed by atoms with Gasteiger partial charge in [-0.25, -0.2) is 0 Å². The van der Waals surface area contributed by atoms with Gasteiger partial charge >= 0.3 is 5.97 Å². The molecule has 1 saturated heterocycles. The summed E-state index contributed by atoms with van der Waals surface area (Å²) in [5.74, 6) is 0.697. The fourth-order valence-corrected chi connectivity index (χ4v) is 4.90. The number of allylic oxidation sites excluding steroid dienone is 1. The fourth-order valence-electron chi connectivity index (χ4n) is 4.90. The molecular formula is C28H35NO5. The molecule has 34 heavy (non-hydrogen) atoms. The molecule has 1 aliphatic carbocycles. The van der Waals surface area contributed by atoms with E-state index in [1.54, 1.807) is 21.0 Å². The van der Waals surface area contributed by atoms with Gasteiger partial charge < -0.3 is 19.7 Å². The average molecular weight is 466 g/mol. The molecule has 0 unspecified atom stereocenters. The summed E-state index contributed by atoms with van der Waals surface area (Å²) in [6.07, 6.45) is 2.51. The van der Waals surface area contributed by atoms with Crippen LogP contribution in [0.4, 0.5) is 0 Å². The number of nitrogens with zero attached hydrogens (tertiary/aromatic N) is 1. The number of aryl methyl sites for hydroxylation is 1. The second-order valence-electron chi connectivity index (χ2n) is 10.2. The van der Waals surface area contributed by atoms with Gasteiger partial charge in [-0.15, -0.1) is 0 Å². The zero-order valence-electron chi connectivity index (χ0n) is 20.6. The van der Waals surface area contributed by atoms with Gasteiger partial charge in [-0.2, -0.15) is 0 Å². The van der Waals surface area contributed by atoms with E-state index >= 15 is 0 Å². The molecular weight excluding hydrogens is 430 g/mol. The Morgan fingerprint density at radius 1 is 1.15 bits per heavy atom. The summed E-state index contributed by atoms with van der Waals surface area (Å²) >= 11 is 0. The van der Waals surface area contributed by atoms with E-state index in [9.17, 15) is 9.90 Å². The predicted molar refractivity (Wildman–Crippen MR) is 132 cm³/mol. The highest BCUT2D eigenvalue weighted by Crippen LogP contribution is 2.35. The molecule has 0 radical (unpaired) electrons. The van der Waals surface area contributed by atoms with Crippen LogP contribution in [0.25, 0.3) is 5.57 Å². The van der Waals surface area contributed by atoms with Crippen molar-refractivity contribution in [3.8, 4) is 11.5 Å². The van der Waals surface area contributed by atoms with Crippen molar-refractivity contribution in [1.29, 1.82) is 0 Å². The Morgan fingerprint density at radius 2 is 1.91 bits per heavy atom. The Balaban J connectivity index is 1.40. The van der Waals surface area contributed by atoms with E-state index in [4.69, 9.17) is 14.6 Å². The van der Waals surface area contributed by atoms with Crippen LogP contribution in [0.2, 0.25) is 0 Å². The molecule has 6 nitrogen and oxygen atoms in total. The zero-order chi connectivity index (χ0) is 24.5. The van der Waals surface area contributed by atoms with E-state index in [1.165, 1.54) is 22.3 Å². The Hall–Kier alpha value is -2.83. The predicted octanol–water partition coefficient (Wildman–Crippen LogP) is 4.32. The molecule has 2 N–H and O–H groups in total. The highest BCUT2D eigenvalue weighted by atomic mass is 16.5. The van der Waals surface area contributed by atoms with Crippen LogP contribution in [0, 0.1) is 5.92 Å². The minimum absolute atomic E-state index is 0.215. The number of rotatable bonds is 9. The summed E-state index contributed by atoms with van der Waals surface area (Å²) in [6.45, 7) is 8.32. The Bertz CT molecular complexity index is 1090. The number of ether oxygens (including phenoxy) is 2. The Kier molecular flexibility index (Phi) is 7.01. The molecule has 0 aromatic heterocycles. The lowest BCUT2D eigenvalue weighted by atomic mass is 9.85. The monoisotopic (exact) mass is 465 g/mol. The molecule has 2 aromatic rings. The molecule has 2 aliphatic rings. The van der Waals surface area contributed by atoms with Crippen molar-refractivity contribution in [3.63, 3.8) is 0 Å². The third-order valence-corrected chi connectivity index (χ3v) is 6.81. The number of methoxy groups -OCH3 is 1. The number of carboxylic acid groups (broad SMARTS) is 1. The summed E-state index contributed by atoms with van der Waals surface area (Å²) in [6, 6.07) is 12.3. The minimum atomic E-state index is -0.769. The number of benzene rings is 2. The fraction of sp³-hybridized carbons (Fsp3) is 0.464. The van der Waals surface area contributed by atoms with Crippen molar-refractivity contribution in [3.05, 3.63) is 64.2 Å². The number of hydrogen-bond donors (Lipinski definition) is 2. The van der Waals surface area contributed by atoms with Crippen molar-refractivity contribution < 1.29 is 24.5 Å². The van der Waals surface area contributed by atoms with Crippen molar-refractivity contribution in [2.24, 2.45) is 5.92 Å². The van der Waals surface area contributed by atoms with Gasteiger partial charge in [0.2, 0.25) is 0 Å². The van der Waals surface area contributed by atoms with Crippen molar-refractivity contribution in [1.82, 2.24) is 4.90 Å². The number of carboxylic acids is 1. The van der Waals surface area contributed by atoms with Crippen LogP contribution in [-0.2, 0) is 24.2 Å². The molecule has 0 atom stereocenters. The maximum absolute atomic E-state index is 11.1. The number of likely N-dealkylation sites (tertiary alicyclic amines) is 1. The van der Waals surface area contributed by atoms with Crippen LogP contribution >= 0.6 is 0 Å². The SMILES string of the molecule is COc1cc(CC(C)(C)O)ccc1COc1ccc2c(c1)CCC(CN1CC(C(=O)O)C1)=C2C. The van der Waals surface area contributed by atoms with Crippen molar-refractivity contribution >= 4 is 11.5 Å². The second kappa shape index (κ2) is 9.80. The number of aliphatic hydroxyl groups is 1. The second-order valence-corrected chi connectivity index (χ2v) is 10.2. The molecule has 0 saturated carbocycles. The summed E-state index contributed by atoms with van der Waals surface area (Å²) in [5, 5.41) is 19.2. The first-order chi connectivity index (χ1) is 16.1. The third kappa shape index (κ3) is 5.62. The number of fused-ring (bicyclic) bond motifs is 1. The minimum Gasteiger partial charge on any atom is -0.496 e. The van der Waals surface area contributed by atoms with Crippen LogP contribution in [0.15, 0.2) is 42.0 Å². The number of aliphatic carboxylic acids is 1. The summed E-state index contributed by atoms with van der Waals surface area (Å²) in [4.78, 5) is 13.3. The van der Waals surface area contributed by atoms with Gasteiger partial charge in [-0.3, -0.25) is 9.69 Å². The third-order valence-electron chi connectivity index (χ3n) is 6.81. The van der Waals surface area contributed by atoms with Crippen molar-refractivity contribution in [2.45, 2.75) is 52.2 Å². The Morgan fingerprint density at radius 3 is 2.59 bits per heavy atom. The maximum atomic E-state index is 11.1. The lowest BCUT2D eigenvalue weighted by Crippen LogP contribution is -2.50. The molecule has 0 bridgehead atoms. The molecule has 1 aliphatic heterocycles. The molecule has 0 spiro atoms. The van der Waals surface area contributed by atoms with Gasteiger partial charge in [0.15, 0.2) is 0 Å². The number of hydrogen-bond acceptors (Lipinski definition) is 5. The molecule has 1 heterocycles. The van der Waals surface area contributed by atoms with Crippen LogP contribution < -0.4 is 9.47 Å². The van der Waals surface area contributed by atoms with E-state index in [-0.39, 0.29) is 5.92 Å².